The summed E-state index contributed by atoms with van der Waals surface area (Å²) in [6.07, 6.45) is 2.63. The molecule has 3 heteroatoms. The zero-order valence-electron chi connectivity index (χ0n) is 11.2. The Morgan fingerprint density at radius 1 is 1.33 bits per heavy atom. The SMILES string of the molecule is COC(C)(C)CC(N)c1cnc2ccccc2c1. The Morgan fingerprint density at radius 3 is 2.78 bits per heavy atom. The summed E-state index contributed by atoms with van der Waals surface area (Å²) in [7, 11) is 1.71. The molecule has 2 N–H and O–H groups in total. The smallest absolute Gasteiger partial charge is 0.0702 e. The molecule has 0 spiro atoms. The number of ether oxygens (including phenoxy) is 1. The van der Waals surface area contributed by atoms with Gasteiger partial charge >= 0.3 is 0 Å². The van der Waals surface area contributed by atoms with Crippen molar-refractivity contribution in [1.82, 2.24) is 4.98 Å². The second kappa shape index (κ2) is 5.04. The molecule has 1 heterocycles. The van der Waals surface area contributed by atoms with Crippen molar-refractivity contribution in [3.63, 3.8) is 0 Å². The molecule has 2 rings (SSSR count). The van der Waals surface area contributed by atoms with Gasteiger partial charge in [0.05, 0.1) is 11.1 Å². The molecule has 0 aliphatic heterocycles. The fraction of sp³-hybridized carbons (Fsp3) is 0.400. The van der Waals surface area contributed by atoms with Gasteiger partial charge in [-0.1, -0.05) is 18.2 Å². The molecular formula is C15H20N2O. The number of hydrogen-bond donors (Lipinski definition) is 1. The minimum Gasteiger partial charge on any atom is -0.379 e. The van der Waals surface area contributed by atoms with Crippen LogP contribution in [0.4, 0.5) is 0 Å². The van der Waals surface area contributed by atoms with Crippen LogP contribution in [-0.4, -0.2) is 17.7 Å². The van der Waals surface area contributed by atoms with Crippen molar-refractivity contribution >= 4 is 10.9 Å². The molecule has 0 fully saturated rings. The Kier molecular flexibility index (Phi) is 3.64. The molecule has 0 saturated heterocycles. The van der Waals surface area contributed by atoms with Crippen LogP contribution >= 0.6 is 0 Å². The van der Waals surface area contributed by atoms with Crippen LogP contribution in [0.3, 0.4) is 0 Å². The van der Waals surface area contributed by atoms with Crippen molar-refractivity contribution in [2.75, 3.05) is 7.11 Å². The molecule has 1 atom stereocenters. The monoisotopic (exact) mass is 244 g/mol. The number of aromatic nitrogens is 1. The normalized spacial score (nSPS) is 13.8. The predicted molar refractivity (Wildman–Crippen MR) is 74.4 cm³/mol. The molecule has 0 radical (unpaired) electrons. The first kappa shape index (κ1) is 13.0. The Hall–Kier alpha value is -1.45. The number of benzene rings is 1. The lowest BCUT2D eigenvalue weighted by Crippen LogP contribution is -2.28. The molecule has 0 bridgehead atoms. The molecule has 1 aromatic heterocycles. The molecule has 18 heavy (non-hydrogen) atoms. The van der Waals surface area contributed by atoms with E-state index in [0.29, 0.717) is 0 Å². The van der Waals surface area contributed by atoms with Crippen LogP contribution in [0.15, 0.2) is 36.5 Å². The first-order valence-corrected chi connectivity index (χ1v) is 6.17. The van der Waals surface area contributed by atoms with E-state index in [2.05, 4.69) is 17.1 Å². The van der Waals surface area contributed by atoms with Crippen molar-refractivity contribution in [2.45, 2.75) is 31.9 Å². The molecule has 0 aliphatic carbocycles. The molecule has 3 nitrogen and oxygen atoms in total. The zero-order valence-corrected chi connectivity index (χ0v) is 11.2. The van der Waals surface area contributed by atoms with E-state index in [0.717, 1.165) is 22.9 Å². The summed E-state index contributed by atoms with van der Waals surface area (Å²) in [5.74, 6) is 0. The van der Waals surface area contributed by atoms with Crippen LogP contribution in [0.1, 0.15) is 31.9 Å². The quantitative estimate of drug-likeness (QED) is 0.899. The van der Waals surface area contributed by atoms with Crippen molar-refractivity contribution in [3.8, 4) is 0 Å². The Labute approximate surface area is 108 Å². The highest BCUT2D eigenvalue weighted by Crippen LogP contribution is 2.25. The van der Waals surface area contributed by atoms with E-state index >= 15 is 0 Å². The van der Waals surface area contributed by atoms with Crippen LogP contribution in [-0.2, 0) is 4.74 Å². The predicted octanol–water partition coefficient (Wildman–Crippen LogP) is 3.05. The van der Waals surface area contributed by atoms with Crippen LogP contribution in [0.25, 0.3) is 10.9 Å². The maximum Gasteiger partial charge on any atom is 0.0702 e. The number of nitrogens with zero attached hydrogens (tertiary/aromatic N) is 1. The van der Waals surface area contributed by atoms with Gasteiger partial charge in [0.1, 0.15) is 0 Å². The lowest BCUT2D eigenvalue weighted by Gasteiger charge is -2.26. The minimum atomic E-state index is -0.217. The van der Waals surface area contributed by atoms with Crippen molar-refractivity contribution in [1.29, 1.82) is 0 Å². The van der Waals surface area contributed by atoms with Gasteiger partial charge in [-0.3, -0.25) is 4.98 Å². The average molecular weight is 244 g/mol. The number of fused-ring (bicyclic) bond motifs is 1. The topological polar surface area (TPSA) is 48.1 Å². The molecule has 1 aromatic carbocycles. The van der Waals surface area contributed by atoms with E-state index in [1.165, 1.54) is 0 Å². The van der Waals surface area contributed by atoms with Gasteiger partial charge in [0.15, 0.2) is 0 Å². The van der Waals surface area contributed by atoms with Gasteiger partial charge in [-0.2, -0.15) is 0 Å². The van der Waals surface area contributed by atoms with Crippen LogP contribution in [0.5, 0.6) is 0 Å². The second-order valence-electron chi connectivity index (χ2n) is 5.24. The van der Waals surface area contributed by atoms with Gasteiger partial charge in [0, 0.05) is 24.7 Å². The summed E-state index contributed by atoms with van der Waals surface area (Å²) in [6, 6.07) is 10.1. The summed E-state index contributed by atoms with van der Waals surface area (Å²) in [6.45, 7) is 4.09. The minimum absolute atomic E-state index is 0.0583. The third-order valence-corrected chi connectivity index (χ3v) is 3.30. The Bertz CT molecular complexity index is 537. The average Bonchev–Trinajstić information content (AvgIpc) is 2.37. The van der Waals surface area contributed by atoms with Gasteiger partial charge in [-0.15, -0.1) is 0 Å². The summed E-state index contributed by atoms with van der Waals surface area (Å²) >= 11 is 0. The van der Waals surface area contributed by atoms with Crippen molar-refractivity contribution < 1.29 is 4.74 Å². The van der Waals surface area contributed by atoms with Crippen molar-refractivity contribution in [3.05, 3.63) is 42.1 Å². The Morgan fingerprint density at radius 2 is 2.06 bits per heavy atom. The summed E-state index contributed by atoms with van der Waals surface area (Å²) < 4.78 is 5.42. The fourth-order valence-electron chi connectivity index (χ4n) is 2.02. The Balaban J connectivity index is 2.25. The van der Waals surface area contributed by atoms with E-state index < -0.39 is 0 Å². The number of methoxy groups -OCH3 is 1. The molecule has 0 saturated carbocycles. The molecule has 0 aliphatic rings. The zero-order chi connectivity index (χ0) is 13.2. The second-order valence-corrected chi connectivity index (χ2v) is 5.24. The highest BCUT2D eigenvalue weighted by atomic mass is 16.5. The lowest BCUT2D eigenvalue weighted by molar-refractivity contribution is 0.00994. The van der Waals surface area contributed by atoms with Gasteiger partial charge in [-0.25, -0.2) is 0 Å². The van der Waals surface area contributed by atoms with Gasteiger partial charge in [0.2, 0.25) is 0 Å². The lowest BCUT2D eigenvalue weighted by atomic mass is 9.94. The first-order chi connectivity index (χ1) is 8.52. The standard InChI is InChI=1S/C15H20N2O/c1-15(2,18-3)9-13(16)12-8-11-6-4-5-7-14(11)17-10-12/h4-8,10,13H,9,16H2,1-3H3. The summed E-state index contributed by atoms with van der Waals surface area (Å²) in [5.41, 5.74) is 8.06. The van der Waals surface area contributed by atoms with Crippen LogP contribution in [0, 0.1) is 0 Å². The summed E-state index contributed by atoms with van der Waals surface area (Å²) in [5, 5.41) is 1.13. The van der Waals surface area contributed by atoms with Gasteiger partial charge < -0.3 is 10.5 Å². The number of para-hydroxylation sites is 1. The van der Waals surface area contributed by atoms with Crippen molar-refractivity contribution in [2.24, 2.45) is 5.73 Å². The maximum atomic E-state index is 6.23. The van der Waals surface area contributed by atoms with E-state index in [1.54, 1.807) is 7.11 Å². The molecule has 0 amide bonds. The van der Waals surface area contributed by atoms with Gasteiger partial charge in [-0.05, 0) is 38.0 Å². The van der Waals surface area contributed by atoms with E-state index in [1.807, 2.05) is 38.2 Å². The van der Waals surface area contributed by atoms with E-state index in [9.17, 15) is 0 Å². The number of hydrogen-bond acceptors (Lipinski definition) is 3. The number of rotatable bonds is 4. The molecule has 96 valence electrons. The number of pyridine rings is 1. The van der Waals surface area contributed by atoms with E-state index in [-0.39, 0.29) is 11.6 Å². The maximum absolute atomic E-state index is 6.23. The fourth-order valence-corrected chi connectivity index (χ4v) is 2.02. The van der Waals surface area contributed by atoms with Crippen LogP contribution in [0.2, 0.25) is 0 Å². The molecule has 1 unspecified atom stereocenters. The summed E-state index contributed by atoms with van der Waals surface area (Å²) in [4.78, 5) is 4.44. The third-order valence-electron chi connectivity index (χ3n) is 3.30. The third kappa shape index (κ3) is 2.86. The largest absolute Gasteiger partial charge is 0.379 e. The van der Waals surface area contributed by atoms with Gasteiger partial charge in [0.25, 0.3) is 0 Å². The van der Waals surface area contributed by atoms with Crippen LogP contribution < -0.4 is 5.73 Å². The highest BCUT2D eigenvalue weighted by molar-refractivity contribution is 5.78. The van der Waals surface area contributed by atoms with E-state index in [4.69, 9.17) is 10.5 Å². The first-order valence-electron chi connectivity index (χ1n) is 6.17. The highest BCUT2D eigenvalue weighted by Gasteiger charge is 2.21. The number of nitrogens with two attached hydrogens (primary N) is 1. The molecular weight excluding hydrogens is 224 g/mol. The molecule has 2 aromatic rings.